The molecular weight excluding hydrogens is 478 g/mol. The quantitative estimate of drug-likeness (QED) is 0.434. The van der Waals surface area contributed by atoms with Crippen molar-refractivity contribution < 1.29 is 13.6 Å². The molecule has 0 radical (unpaired) electrons. The highest BCUT2D eigenvalue weighted by molar-refractivity contribution is 5.94. The third-order valence-corrected chi connectivity index (χ3v) is 6.50. The van der Waals surface area contributed by atoms with Gasteiger partial charge in [-0.3, -0.25) is 4.79 Å². The van der Waals surface area contributed by atoms with Crippen molar-refractivity contribution in [3.63, 3.8) is 0 Å². The molecule has 9 nitrogen and oxygen atoms in total. The Morgan fingerprint density at radius 2 is 1.76 bits per heavy atom. The van der Waals surface area contributed by atoms with Crippen LogP contribution in [0.3, 0.4) is 0 Å². The number of carbonyl (C=O) groups excluding carboxylic acids is 1. The van der Waals surface area contributed by atoms with E-state index >= 15 is 0 Å². The third kappa shape index (κ3) is 4.86. The molecule has 11 heteroatoms. The summed E-state index contributed by atoms with van der Waals surface area (Å²) in [6, 6.07) is 6.28. The minimum absolute atomic E-state index is 0.0457. The molecule has 0 aliphatic carbocycles. The monoisotopic (exact) mass is 506 g/mol. The normalized spacial score (nSPS) is 14.5. The number of amides is 1. The van der Waals surface area contributed by atoms with E-state index in [0.29, 0.717) is 35.8 Å². The molecule has 4 aromatic rings. The van der Waals surface area contributed by atoms with Gasteiger partial charge in [0, 0.05) is 44.0 Å². The first-order chi connectivity index (χ1) is 17.7. The van der Waals surface area contributed by atoms with Crippen molar-refractivity contribution in [2.75, 3.05) is 38.5 Å². The van der Waals surface area contributed by atoms with E-state index in [0.717, 1.165) is 19.3 Å². The topological polar surface area (TPSA) is 92.1 Å². The molecule has 1 aromatic carbocycles. The predicted molar refractivity (Wildman–Crippen MR) is 137 cm³/mol. The zero-order chi connectivity index (χ0) is 26.3. The zero-order valence-electron chi connectivity index (χ0n) is 21.2. The van der Waals surface area contributed by atoms with Gasteiger partial charge in [-0.05, 0) is 52.1 Å². The van der Waals surface area contributed by atoms with E-state index in [2.05, 4.69) is 30.2 Å². The number of fused-ring (bicyclic) bond motifs is 1. The van der Waals surface area contributed by atoms with Gasteiger partial charge in [-0.1, -0.05) is 0 Å². The van der Waals surface area contributed by atoms with E-state index < -0.39 is 11.6 Å². The van der Waals surface area contributed by atoms with Crippen LogP contribution in [0.15, 0.2) is 36.7 Å². The van der Waals surface area contributed by atoms with Crippen LogP contribution in [0.5, 0.6) is 0 Å². The van der Waals surface area contributed by atoms with Gasteiger partial charge in [0.05, 0.1) is 17.3 Å². The molecule has 1 N–H and O–H groups in total. The van der Waals surface area contributed by atoms with Crippen LogP contribution in [-0.4, -0.2) is 73.4 Å². The summed E-state index contributed by atoms with van der Waals surface area (Å²) >= 11 is 0. The molecule has 1 amide bonds. The van der Waals surface area contributed by atoms with Gasteiger partial charge in [0.25, 0.3) is 5.91 Å². The number of carbonyl (C=O) groups is 1. The molecule has 1 fully saturated rings. The third-order valence-electron chi connectivity index (χ3n) is 6.50. The van der Waals surface area contributed by atoms with Crippen molar-refractivity contribution in [1.82, 2.24) is 34.3 Å². The summed E-state index contributed by atoms with van der Waals surface area (Å²) in [7, 11) is 2.03. The number of hydrogen-bond acceptors (Lipinski definition) is 7. The number of anilines is 2. The summed E-state index contributed by atoms with van der Waals surface area (Å²) in [4.78, 5) is 33.7. The van der Waals surface area contributed by atoms with Crippen molar-refractivity contribution in [3.05, 3.63) is 59.7 Å². The summed E-state index contributed by atoms with van der Waals surface area (Å²) in [6.45, 7) is 8.77. The number of nitrogens with one attached hydrogen (secondary N) is 1. The molecule has 37 heavy (non-hydrogen) atoms. The molecular formula is C26H28F2N8O. The summed E-state index contributed by atoms with van der Waals surface area (Å²) in [5, 5.41) is 2.94. The largest absolute Gasteiger partial charge is 0.336 e. The zero-order valence-corrected chi connectivity index (χ0v) is 21.2. The number of likely N-dealkylation sites (N-methyl/N-ethyl adjacent to an activating group) is 1. The van der Waals surface area contributed by atoms with Crippen LogP contribution in [0.4, 0.5) is 20.5 Å². The first-order valence-corrected chi connectivity index (χ1v) is 12.1. The summed E-state index contributed by atoms with van der Waals surface area (Å²) in [5.74, 6) is -0.144. The lowest BCUT2D eigenvalue weighted by molar-refractivity contribution is 0.0663. The van der Waals surface area contributed by atoms with E-state index in [1.54, 1.807) is 18.2 Å². The highest BCUT2D eigenvalue weighted by Gasteiger charge is 2.21. The molecule has 0 unspecified atom stereocenters. The Hall–Kier alpha value is -3.99. The number of aryl methyl sites for hydroxylation is 1. The predicted octanol–water partition coefficient (Wildman–Crippen LogP) is 4.19. The van der Waals surface area contributed by atoms with Gasteiger partial charge in [-0.2, -0.15) is 0 Å². The van der Waals surface area contributed by atoms with Crippen LogP contribution in [0, 0.1) is 18.6 Å². The van der Waals surface area contributed by atoms with E-state index in [4.69, 9.17) is 0 Å². The van der Waals surface area contributed by atoms with Gasteiger partial charge in [0.15, 0.2) is 11.6 Å². The number of halogens is 2. The van der Waals surface area contributed by atoms with Gasteiger partial charge in [0.1, 0.15) is 22.9 Å². The molecule has 192 valence electrons. The summed E-state index contributed by atoms with van der Waals surface area (Å²) in [5.41, 5.74) is 1.51. The Morgan fingerprint density at radius 3 is 2.43 bits per heavy atom. The lowest BCUT2D eigenvalue weighted by Gasteiger charge is -2.32. The fraction of sp³-hybridized carbons (Fsp3) is 0.346. The van der Waals surface area contributed by atoms with Crippen LogP contribution >= 0.6 is 0 Å². The number of hydrogen-bond donors (Lipinski definition) is 1. The molecule has 3 aromatic heterocycles. The number of benzene rings is 1. The standard InChI is InChI=1S/C26H28F2N8O/c1-15(2)36-16(3)31-24-19(27)11-18(12-21(24)36)23-20(28)14-30-26(33-23)32-22-6-5-17(13-29-22)25(37)35-9-7-34(4)8-10-35/h5-6,11-15H,7-10H2,1-4H3,(H,29,30,32,33). The van der Waals surface area contributed by atoms with E-state index in [1.807, 2.05) is 37.3 Å². The van der Waals surface area contributed by atoms with Crippen molar-refractivity contribution in [3.8, 4) is 11.3 Å². The second-order valence-electron chi connectivity index (χ2n) is 9.49. The minimum Gasteiger partial charge on any atom is -0.336 e. The second-order valence-corrected chi connectivity index (χ2v) is 9.49. The van der Waals surface area contributed by atoms with Crippen LogP contribution in [0.2, 0.25) is 0 Å². The van der Waals surface area contributed by atoms with E-state index in [1.165, 1.54) is 12.3 Å². The maximum absolute atomic E-state index is 14.9. The summed E-state index contributed by atoms with van der Waals surface area (Å²) in [6.07, 6.45) is 2.52. The number of nitrogens with zero attached hydrogens (tertiary/aromatic N) is 7. The van der Waals surface area contributed by atoms with Gasteiger partial charge in [0.2, 0.25) is 5.95 Å². The number of pyridine rings is 1. The van der Waals surface area contributed by atoms with E-state index in [-0.39, 0.29) is 34.7 Å². The molecule has 4 heterocycles. The fourth-order valence-electron chi connectivity index (χ4n) is 4.59. The average molecular weight is 507 g/mol. The number of piperazine rings is 1. The van der Waals surface area contributed by atoms with Crippen LogP contribution in [-0.2, 0) is 0 Å². The lowest BCUT2D eigenvalue weighted by atomic mass is 10.1. The Bertz CT molecular complexity index is 1460. The Morgan fingerprint density at radius 1 is 1.00 bits per heavy atom. The highest BCUT2D eigenvalue weighted by atomic mass is 19.1. The number of rotatable bonds is 5. The number of aromatic nitrogens is 5. The van der Waals surface area contributed by atoms with E-state index in [9.17, 15) is 13.6 Å². The molecule has 1 saturated heterocycles. The minimum atomic E-state index is -0.683. The van der Waals surface area contributed by atoms with Crippen LogP contribution in [0.25, 0.3) is 22.3 Å². The average Bonchev–Trinajstić information content (AvgIpc) is 3.22. The molecule has 0 bridgehead atoms. The van der Waals surface area contributed by atoms with Crippen molar-refractivity contribution >= 4 is 28.7 Å². The highest BCUT2D eigenvalue weighted by Crippen LogP contribution is 2.30. The smallest absolute Gasteiger partial charge is 0.255 e. The Kier molecular flexibility index (Phi) is 6.55. The maximum atomic E-state index is 14.9. The van der Waals surface area contributed by atoms with Gasteiger partial charge in [-0.15, -0.1) is 0 Å². The van der Waals surface area contributed by atoms with Crippen molar-refractivity contribution in [2.45, 2.75) is 26.8 Å². The van der Waals surface area contributed by atoms with Gasteiger partial charge < -0.3 is 19.7 Å². The lowest BCUT2D eigenvalue weighted by Crippen LogP contribution is -2.47. The maximum Gasteiger partial charge on any atom is 0.255 e. The molecule has 0 saturated carbocycles. The molecule has 1 aliphatic rings. The van der Waals surface area contributed by atoms with Crippen molar-refractivity contribution in [1.29, 1.82) is 0 Å². The molecule has 0 atom stereocenters. The van der Waals surface area contributed by atoms with Crippen LogP contribution in [0.1, 0.15) is 36.1 Å². The number of imidazole rings is 1. The second kappa shape index (κ2) is 9.81. The SMILES string of the molecule is Cc1nc2c(F)cc(-c3nc(Nc4ccc(C(=O)N5CCN(C)CC5)cn4)ncc3F)cc2n1C(C)C. The molecule has 5 rings (SSSR count). The molecule has 0 spiro atoms. The molecule has 1 aliphatic heterocycles. The fourth-order valence-corrected chi connectivity index (χ4v) is 4.59. The van der Waals surface area contributed by atoms with Crippen LogP contribution < -0.4 is 5.32 Å². The summed E-state index contributed by atoms with van der Waals surface area (Å²) < 4.78 is 31.6. The van der Waals surface area contributed by atoms with Gasteiger partial charge >= 0.3 is 0 Å². The van der Waals surface area contributed by atoms with Gasteiger partial charge in [-0.25, -0.2) is 28.7 Å². The Balaban J connectivity index is 1.39. The first-order valence-electron chi connectivity index (χ1n) is 12.1. The van der Waals surface area contributed by atoms with Crippen molar-refractivity contribution in [2.24, 2.45) is 0 Å². The first kappa shape index (κ1) is 24.7. The Labute approximate surface area is 213 Å².